The van der Waals surface area contributed by atoms with E-state index in [0.717, 1.165) is 5.03 Å². The molecule has 0 spiro atoms. The van der Waals surface area contributed by atoms with Crippen LogP contribution in [0.3, 0.4) is 0 Å². The van der Waals surface area contributed by atoms with Crippen LogP contribution in [-0.2, 0) is 0 Å². The molecule has 0 N–H and O–H groups in total. The molecule has 1 rings (SSSR count). The summed E-state index contributed by atoms with van der Waals surface area (Å²) in [4.78, 5) is -0.252. The Kier molecular flexibility index (Phi) is 2.12. The van der Waals surface area contributed by atoms with Gasteiger partial charge in [0.25, 0.3) is 0 Å². The van der Waals surface area contributed by atoms with E-state index < -0.39 is 0 Å². The van der Waals surface area contributed by atoms with Gasteiger partial charge in [-0.2, -0.15) is 0 Å². The molecule has 1 aliphatic rings. The predicted molar refractivity (Wildman–Crippen MR) is 46.5 cm³/mol. The first-order valence-corrected chi connectivity index (χ1v) is 4.03. The summed E-state index contributed by atoms with van der Waals surface area (Å²) in [6, 6.07) is 0. The maximum absolute atomic E-state index is 6.10. The highest BCUT2D eigenvalue weighted by molar-refractivity contribution is 6.32. The number of rotatable bonds is 0. The summed E-state index contributed by atoms with van der Waals surface area (Å²) in [5.74, 6) is 0.312. The van der Waals surface area contributed by atoms with Crippen molar-refractivity contribution in [3.05, 3.63) is 23.3 Å². The molecule has 0 aromatic carbocycles. The number of hydrogen-bond donors (Lipinski definition) is 0. The van der Waals surface area contributed by atoms with Gasteiger partial charge in [-0.3, -0.25) is 0 Å². The molecule has 0 amide bonds. The molecule has 56 valence electrons. The van der Waals surface area contributed by atoms with E-state index in [-0.39, 0.29) is 4.87 Å². The van der Waals surface area contributed by atoms with E-state index in [4.69, 9.17) is 23.2 Å². The molecule has 0 saturated carbocycles. The predicted octanol–water partition coefficient (Wildman–Crippen LogP) is 3.31. The summed E-state index contributed by atoms with van der Waals surface area (Å²) >= 11 is 11.9. The van der Waals surface area contributed by atoms with Gasteiger partial charge in [0.15, 0.2) is 0 Å². The van der Waals surface area contributed by atoms with Gasteiger partial charge in [-0.25, -0.2) is 0 Å². The van der Waals surface area contributed by atoms with Crippen molar-refractivity contribution in [2.75, 3.05) is 0 Å². The lowest BCUT2D eigenvalue weighted by Gasteiger charge is -2.26. The van der Waals surface area contributed by atoms with E-state index in [1.54, 1.807) is 0 Å². The van der Waals surface area contributed by atoms with Crippen LogP contribution in [0.15, 0.2) is 23.3 Å². The second-order valence-corrected chi connectivity index (χ2v) is 4.08. The zero-order chi connectivity index (χ0) is 7.78. The van der Waals surface area contributed by atoms with Crippen LogP contribution in [0.5, 0.6) is 0 Å². The average molecular weight is 177 g/mol. The summed E-state index contributed by atoms with van der Waals surface area (Å²) in [7, 11) is 0. The molecule has 0 aromatic rings. The summed E-state index contributed by atoms with van der Waals surface area (Å²) in [6.45, 7) is 4.04. The second-order valence-electron chi connectivity index (χ2n) is 2.82. The van der Waals surface area contributed by atoms with Gasteiger partial charge in [0.05, 0.1) is 4.87 Å². The van der Waals surface area contributed by atoms with Crippen LogP contribution in [0.4, 0.5) is 0 Å². The van der Waals surface area contributed by atoms with E-state index >= 15 is 0 Å². The van der Waals surface area contributed by atoms with E-state index in [2.05, 4.69) is 6.92 Å². The fraction of sp³-hybridized carbons (Fsp3) is 0.500. The number of hydrogen-bond acceptors (Lipinski definition) is 0. The zero-order valence-electron chi connectivity index (χ0n) is 6.07. The minimum absolute atomic E-state index is 0.252. The lowest BCUT2D eigenvalue weighted by molar-refractivity contribution is 0.588. The lowest BCUT2D eigenvalue weighted by atomic mass is 9.91. The maximum atomic E-state index is 6.10. The fourth-order valence-corrected chi connectivity index (χ4v) is 1.23. The van der Waals surface area contributed by atoms with E-state index in [0.29, 0.717) is 5.92 Å². The highest BCUT2D eigenvalue weighted by Gasteiger charge is 2.26. The van der Waals surface area contributed by atoms with Gasteiger partial charge in [0, 0.05) is 5.03 Å². The number of alkyl halides is 1. The van der Waals surface area contributed by atoms with E-state index in [1.165, 1.54) is 0 Å². The third-order valence-electron chi connectivity index (χ3n) is 1.87. The van der Waals surface area contributed by atoms with Gasteiger partial charge in [0.2, 0.25) is 0 Å². The molecule has 0 radical (unpaired) electrons. The Bertz CT molecular complexity index is 189. The summed E-state index contributed by atoms with van der Waals surface area (Å²) in [5, 5.41) is 0.783. The Morgan fingerprint density at radius 3 is 2.60 bits per heavy atom. The SMILES string of the molecule is CC1C=C(Cl)C=CC1(C)Cl. The van der Waals surface area contributed by atoms with Crippen LogP contribution >= 0.6 is 23.2 Å². The Morgan fingerprint density at radius 2 is 2.20 bits per heavy atom. The molecule has 2 unspecified atom stereocenters. The smallest absolute Gasteiger partial charge is 0.0661 e. The molecule has 2 heteroatoms. The lowest BCUT2D eigenvalue weighted by Crippen LogP contribution is -2.23. The molecular formula is C8H10Cl2. The van der Waals surface area contributed by atoms with Crippen molar-refractivity contribution in [1.82, 2.24) is 0 Å². The Morgan fingerprint density at radius 1 is 1.60 bits per heavy atom. The minimum atomic E-state index is -0.252. The van der Waals surface area contributed by atoms with Crippen molar-refractivity contribution in [3.8, 4) is 0 Å². The van der Waals surface area contributed by atoms with Crippen LogP contribution in [0.1, 0.15) is 13.8 Å². The topological polar surface area (TPSA) is 0 Å². The summed E-state index contributed by atoms with van der Waals surface area (Å²) < 4.78 is 0. The van der Waals surface area contributed by atoms with Crippen molar-refractivity contribution in [2.45, 2.75) is 18.7 Å². The molecule has 0 saturated heterocycles. The van der Waals surface area contributed by atoms with Gasteiger partial charge in [-0.1, -0.05) is 30.7 Å². The molecule has 0 aliphatic heterocycles. The van der Waals surface area contributed by atoms with Gasteiger partial charge >= 0.3 is 0 Å². The minimum Gasteiger partial charge on any atom is -0.114 e. The summed E-state index contributed by atoms with van der Waals surface area (Å²) in [5.41, 5.74) is 0. The van der Waals surface area contributed by atoms with Crippen molar-refractivity contribution >= 4 is 23.2 Å². The third-order valence-corrected chi connectivity index (χ3v) is 2.59. The van der Waals surface area contributed by atoms with Gasteiger partial charge in [-0.05, 0) is 18.9 Å². The molecule has 1 aliphatic carbocycles. The molecule has 2 atom stereocenters. The van der Waals surface area contributed by atoms with Crippen molar-refractivity contribution in [2.24, 2.45) is 5.92 Å². The first-order valence-electron chi connectivity index (χ1n) is 3.28. The molecule has 0 bridgehead atoms. The van der Waals surface area contributed by atoms with Crippen LogP contribution in [0, 0.1) is 5.92 Å². The van der Waals surface area contributed by atoms with Crippen molar-refractivity contribution in [3.63, 3.8) is 0 Å². The van der Waals surface area contributed by atoms with Gasteiger partial charge in [-0.15, -0.1) is 11.6 Å². The number of allylic oxidation sites excluding steroid dienone is 4. The average Bonchev–Trinajstić information content (AvgIpc) is 1.81. The number of halogens is 2. The zero-order valence-corrected chi connectivity index (χ0v) is 7.58. The Labute approximate surface area is 71.5 Å². The van der Waals surface area contributed by atoms with Crippen molar-refractivity contribution < 1.29 is 0 Å². The van der Waals surface area contributed by atoms with Crippen LogP contribution in [0.2, 0.25) is 0 Å². The molecule has 0 aromatic heterocycles. The van der Waals surface area contributed by atoms with Gasteiger partial charge < -0.3 is 0 Å². The normalized spacial score (nSPS) is 39.6. The highest BCUT2D eigenvalue weighted by Crippen LogP contribution is 2.33. The monoisotopic (exact) mass is 176 g/mol. The fourth-order valence-electron chi connectivity index (χ4n) is 0.852. The first-order chi connectivity index (χ1) is 4.52. The molecule has 0 fully saturated rings. The van der Waals surface area contributed by atoms with Crippen molar-refractivity contribution in [1.29, 1.82) is 0 Å². The molecule has 0 nitrogen and oxygen atoms in total. The highest BCUT2D eigenvalue weighted by atomic mass is 35.5. The molecule has 10 heavy (non-hydrogen) atoms. The quantitative estimate of drug-likeness (QED) is 0.498. The van der Waals surface area contributed by atoms with Crippen LogP contribution < -0.4 is 0 Å². The first kappa shape index (κ1) is 8.16. The summed E-state index contributed by atoms with van der Waals surface area (Å²) in [6.07, 6.45) is 5.74. The largest absolute Gasteiger partial charge is 0.114 e. The Balaban J connectivity index is 2.84. The van der Waals surface area contributed by atoms with Crippen LogP contribution in [-0.4, -0.2) is 4.87 Å². The van der Waals surface area contributed by atoms with E-state index in [9.17, 15) is 0 Å². The third kappa shape index (κ3) is 1.56. The molecular weight excluding hydrogens is 167 g/mol. The van der Waals surface area contributed by atoms with Gasteiger partial charge in [0.1, 0.15) is 0 Å². The van der Waals surface area contributed by atoms with E-state index in [1.807, 2.05) is 25.2 Å². The maximum Gasteiger partial charge on any atom is 0.0661 e. The molecule has 0 heterocycles. The second kappa shape index (κ2) is 2.60. The van der Waals surface area contributed by atoms with Crippen LogP contribution in [0.25, 0.3) is 0 Å². The Hall–Kier alpha value is 0.0600. The standard InChI is InChI=1S/C8H10Cl2/c1-6-5-7(9)3-4-8(6,2)10/h3-6H,1-2H3.